The molecule has 19 heavy (non-hydrogen) atoms. The summed E-state index contributed by atoms with van der Waals surface area (Å²) in [5.74, 6) is 1.25. The van der Waals surface area contributed by atoms with Crippen molar-refractivity contribution in [1.29, 1.82) is 0 Å². The van der Waals surface area contributed by atoms with Crippen LogP contribution in [0.25, 0.3) is 0 Å². The van der Waals surface area contributed by atoms with E-state index in [1.54, 1.807) is 0 Å². The Morgan fingerprint density at radius 2 is 2.11 bits per heavy atom. The fourth-order valence-electron chi connectivity index (χ4n) is 3.44. The molecule has 1 aromatic rings. The van der Waals surface area contributed by atoms with E-state index in [0.29, 0.717) is 12.2 Å². The zero-order valence-electron chi connectivity index (χ0n) is 11.2. The minimum absolute atomic E-state index is 0.0772. The molecule has 0 radical (unpaired) electrons. The Labute approximate surface area is 119 Å². The molecule has 1 atom stereocenters. The van der Waals surface area contributed by atoms with Crippen LogP contribution in [0.5, 0.6) is 5.75 Å². The Hall–Kier alpha value is -1.02. The van der Waals surface area contributed by atoms with Crippen LogP contribution in [0.4, 0.5) is 0 Å². The van der Waals surface area contributed by atoms with Gasteiger partial charge in [-0.1, -0.05) is 31.4 Å². The van der Waals surface area contributed by atoms with Crippen molar-refractivity contribution in [1.82, 2.24) is 0 Å². The summed E-state index contributed by atoms with van der Waals surface area (Å²) in [5.41, 5.74) is 0.941. The molecule has 2 aliphatic rings. The second kappa shape index (κ2) is 4.82. The number of carbonyl (C=O) groups is 1. The minimum atomic E-state index is -0.161. The van der Waals surface area contributed by atoms with E-state index >= 15 is 0 Å². The maximum absolute atomic E-state index is 11.9. The van der Waals surface area contributed by atoms with Crippen molar-refractivity contribution in [2.45, 2.75) is 51.6 Å². The molecule has 1 unspecified atom stereocenters. The number of carbonyl (C=O) groups excluding carboxylic acids is 1. The van der Waals surface area contributed by atoms with Crippen molar-refractivity contribution < 1.29 is 9.53 Å². The van der Waals surface area contributed by atoms with Crippen molar-refractivity contribution in [3.63, 3.8) is 0 Å². The van der Waals surface area contributed by atoms with E-state index in [4.69, 9.17) is 16.3 Å². The van der Waals surface area contributed by atoms with Gasteiger partial charge in [0.15, 0.2) is 0 Å². The second-order valence-electron chi connectivity index (χ2n) is 5.70. The first kappa shape index (κ1) is 13.0. The van der Waals surface area contributed by atoms with Crippen LogP contribution in [0.15, 0.2) is 18.2 Å². The normalized spacial score (nSPS) is 24.5. The highest BCUT2D eigenvalue weighted by Crippen LogP contribution is 2.52. The molecule has 0 aliphatic heterocycles. The number of halogens is 1. The predicted octanol–water partition coefficient (Wildman–Crippen LogP) is 4.18. The number of benzene rings is 1. The number of hydrogen-bond acceptors (Lipinski definition) is 2. The molecule has 0 amide bonds. The predicted molar refractivity (Wildman–Crippen MR) is 75.8 cm³/mol. The zero-order valence-corrected chi connectivity index (χ0v) is 12.0. The average molecular weight is 279 g/mol. The van der Waals surface area contributed by atoms with Gasteiger partial charge >= 0.3 is 0 Å². The second-order valence-corrected chi connectivity index (χ2v) is 6.11. The lowest BCUT2D eigenvalue weighted by molar-refractivity contribution is -0.151. The molecule has 3 heteroatoms. The van der Waals surface area contributed by atoms with E-state index in [1.807, 2.05) is 18.2 Å². The van der Waals surface area contributed by atoms with Crippen LogP contribution in [0.2, 0.25) is 5.02 Å². The van der Waals surface area contributed by atoms with Crippen LogP contribution in [0, 0.1) is 5.41 Å². The summed E-state index contributed by atoms with van der Waals surface area (Å²) >= 11 is 6.11. The highest BCUT2D eigenvalue weighted by atomic mass is 35.5. The minimum Gasteiger partial charge on any atom is -0.489 e. The molecule has 0 heterocycles. The summed E-state index contributed by atoms with van der Waals surface area (Å²) in [6.07, 6.45) is 5.87. The molecule has 0 aromatic heterocycles. The maximum atomic E-state index is 11.9. The van der Waals surface area contributed by atoms with Crippen molar-refractivity contribution in [2.24, 2.45) is 5.41 Å². The Morgan fingerprint density at radius 1 is 1.37 bits per heavy atom. The van der Waals surface area contributed by atoms with Crippen LogP contribution in [-0.4, -0.2) is 11.9 Å². The Bertz CT molecular complexity index is 503. The first-order valence-electron chi connectivity index (χ1n) is 7.14. The highest BCUT2D eigenvalue weighted by molar-refractivity contribution is 6.31. The largest absolute Gasteiger partial charge is 0.489 e. The summed E-state index contributed by atoms with van der Waals surface area (Å²) in [4.78, 5) is 11.9. The first-order chi connectivity index (χ1) is 9.15. The van der Waals surface area contributed by atoms with Gasteiger partial charge in [0.2, 0.25) is 0 Å². The van der Waals surface area contributed by atoms with Gasteiger partial charge in [-0.25, -0.2) is 0 Å². The van der Waals surface area contributed by atoms with E-state index in [9.17, 15) is 4.79 Å². The van der Waals surface area contributed by atoms with Gasteiger partial charge in [-0.15, -0.1) is 0 Å². The van der Waals surface area contributed by atoms with Crippen molar-refractivity contribution in [3.8, 4) is 5.75 Å². The maximum Gasteiger partial charge on any atom is 0.146 e. The molecule has 0 saturated heterocycles. The lowest BCUT2D eigenvalue weighted by atomic mass is 9.63. The monoisotopic (exact) mass is 278 g/mol. The third-order valence-corrected chi connectivity index (χ3v) is 5.08. The van der Waals surface area contributed by atoms with Crippen molar-refractivity contribution in [3.05, 3.63) is 28.8 Å². The van der Waals surface area contributed by atoms with E-state index in [-0.39, 0.29) is 11.5 Å². The topological polar surface area (TPSA) is 26.3 Å². The summed E-state index contributed by atoms with van der Waals surface area (Å²) in [5, 5.41) is 0.787. The van der Waals surface area contributed by atoms with E-state index < -0.39 is 0 Å². The highest BCUT2D eigenvalue weighted by Gasteiger charge is 2.57. The van der Waals surface area contributed by atoms with Crippen LogP contribution in [0.3, 0.4) is 0 Å². The lowest BCUT2D eigenvalue weighted by Crippen LogP contribution is -2.55. The summed E-state index contributed by atoms with van der Waals surface area (Å²) in [6.45, 7) is 2.08. The molecule has 1 spiro atoms. The number of hydrogen-bond donors (Lipinski definition) is 0. The van der Waals surface area contributed by atoms with Crippen molar-refractivity contribution >= 4 is 17.4 Å². The number of rotatable bonds is 3. The van der Waals surface area contributed by atoms with E-state index in [1.165, 1.54) is 0 Å². The van der Waals surface area contributed by atoms with Gasteiger partial charge in [0.1, 0.15) is 17.6 Å². The molecule has 2 nitrogen and oxygen atoms in total. The third-order valence-electron chi connectivity index (χ3n) is 4.71. The van der Waals surface area contributed by atoms with Crippen LogP contribution >= 0.6 is 11.6 Å². The first-order valence-corrected chi connectivity index (χ1v) is 7.52. The van der Waals surface area contributed by atoms with Gasteiger partial charge in [0.05, 0.1) is 5.41 Å². The molecular formula is C16H19ClO2. The quantitative estimate of drug-likeness (QED) is 0.829. The molecule has 3 rings (SSSR count). The van der Waals surface area contributed by atoms with Crippen LogP contribution < -0.4 is 4.74 Å². The standard InChI is InChI=1S/C16H19ClO2/c1-2-11-9-12(5-6-13(11)17)19-15-10-14(18)16(15)7-3-4-8-16/h5-6,9,15H,2-4,7-8,10H2,1H3. The van der Waals surface area contributed by atoms with Gasteiger partial charge < -0.3 is 4.74 Å². The molecule has 1 aromatic carbocycles. The molecular weight excluding hydrogens is 260 g/mol. The van der Waals surface area contributed by atoms with Crippen LogP contribution in [0.1, 0.15) is 44.6 Å². The van der Waals surface area contributed by atoms with Gasteiger partial charge in [-0.2, -0.15) is 0 Å². The number of aryl methyl sites for hydroxylation is 1. The molecule has 2 aliphatic carbocycles. The van der Waals surface area contributed by atoms with Gasteiger partial charge in [-0.05, 0) is 43.0 Å². The van der Waals surface area contributed by atoms with Gasteiger partial charge in [-0.3, -0.25) is 4.79 Å². The Balaban J connectivity index is 1.77. The summed E-state index contributed by atoms with van der Waals surface area (Å²) < 4.78 is 6.08. The molecule has 0 bridgehead atoms. The summed E-state index contributed by atoms with van der Waals surface area (Å²) in [6, 6.07) is 5.80. The number of ether oxygens (including phenoxy) is 1. The molecule has 102 valence electrons. The lowest BCUT2D eigenvalue weighted by Gasteiger charge is -2.44. The Morgan fingerprint density at radius 3 is 2.74 bits per heavy atom. The molecule has 0 N–H and O–H groups in total. The van der Waals surface area contributed by atoms with E-state index in [2.05, 4.69) is 6.92 Å². The van der Waals surface area contributed by atoms with Crippen molar-refractivity contribution in [2.75, 3.05) is 0 Å². The van der Waals surface area contributed by atoms with E-state index in [0.717, 1.165) is 48.4 Å². The molecule has 2 fully saturated rings. The summed E-state index contributed by atoms with van der Waals surface area (Å²) in [7, 11) is 0. The Kier molecular flexibility index (Phi) is 3.30. The fraction of sp³-hybridized carbons (Fsp3) is 0.562. The number of ketones is 1. The third kappa shape index (κ3) is 2.06. The van der Waals surface area contributed by atoms with Crippen LogP contribution in [-0.2, 0) is 11.2 Å². The van der Waals surface area contributed by atoms with Gasteiger partial charge in [0.25, 0.3) is 0 Å². The van der Waals surface area contributed by atoms with Gasteiger partial charge in [0, 0.05) is 11.4 Å². The SMILES string of the molecule is CCc1cc(OC2CC(=O)C23CCCC3)ccc1Cl. The zero-order chi connectivity index (χ0) is 13.5. The average Bonchev–Trinajstić information content (AvgIpc) is 2.93. The smallest absolute Gasteiger partial charge is 0.146 e. The fourth-order valence-corrected chi connectivity index (χ4v) is 3.69. The molecule has 2 saturated carbocycles. The number of Topliss-reactive ketones (excluding diaryl/α,β-unsaturated/α-hetero) is 1.